The lowest BCUT2D eigenvalue weighted by Crippen LogP contribution is -2.16. The van der Waals surface area contributed by atoms with Gasteiger partial charge in [-0.3, -0.25) is 4.79 Å². The summed E-state index contributed by atoms with van der Waals surface area (Å²) in [6.45, 7) is 4.72. The predicted octanol–water partition coefficient (Wildman–Crippen LogP) is 4.26. The molecule has 0 aliphatic heterocycles. The van der Waals surface area contributed by atoms with E-state index in [-0.39, 0.29) is 0 Å². The van der Waals surface area contributed by atoms with Crippen LogP contribution < -0.4 is 10.5 Å². The predicted molar refractivity (Wildman–Crippen MR) is 85.7 cm³/mol. The molecule has 1 aromatic rings. The fourth-order valence-corrected chi connectivity index (χ4v) is 3.47. The van der Waals surface area contributed by atoms with E-state index in [4.69, 9.17) is 10.5 Å². The van der Waals surface area contributed by atoms with Crippen LogP contribution in [0.4, 0.5) is 0 Å². The average molecular weight is 289 g/mol. The molecule has 0 spiro atoms. The molecule has 0 bridgehead atoms. The smallest absolute Gasteiger partial charge is 0.252 e. The molecule has 0 atom stereocenters. The van der Waals surface area contributed by atoms with Crippen molar-refractivity contribution in [1.29, 1.82) is 0 Å². The molecule has 1 aliphatic carbocycles. The Morgan fingerprint density at radius 3 is 2.52 bits per heavy atom. The van der Waals surface area contributed by atoms with Gasteiger partial charge in [0.05, 0.1) is 12.2 Å². The first kappa shape index (κ1) is 15.9. The fourth-order valence-electron chi connectivity index (χ4n) is 3.47. The zero-order valence-electron chi connectivity index (χ0n) is 13.2. The second-order valence-electron chi connectivity index (χ2n) is 6.06. The van der Waals surface area contributed by atoms with Gasteiger partial charge in [-0.1, -0.05) is 25.8 Å². The summed E-state index contributed by atoms with van der Waals surface area (Å²) in [7, 11) is 0. The number of rotatable bonds is 6. The molecule has 2 rings (SSSR count). The lowest BCUT2D eigenvalue weighted by Gasteiger charge is -2.29. The Kier molecular flexibility index (Phi) is 5.66. The first-order chi connectivity index (χ1) is 10.2. The Hall–Kier alpha value is -1.51. The van der Waals surface area contributed by atoms with Crippen LogP contribution in [0.1, 0.15) is 74.2 Å². The second-order valence-corrected chi connectivity index (χ2v) is 6.06. The van der Waals surface area contributed by atoms with Crippen LogP contribution in [0.25, 0.3) is 0 Å². The Morgan fingerprint density at radius 2 is 1.95 bits per heavy atom. The van der Waals surface area contributed by atoms with Crippen LogP contribution in [0.3, 0.4) is 0 Å². The molecule has 0 radical (unpaired) electrons. The number of carbonyl (C=O) groups excluding carboxylic acids is 1. The maximum atomic E-state index is 11.6. The van der Waals surface area contributed by atoms with Crippen molar-refractivity contribution in [2.45, 2.75) is 58.3 Å². The number of nitrogens with two attached hydrogens (primary N) is 1. The van der Waals surface area contributed by atoms with Gasteiger partial charge in [-0.15, -0.1) is 0 Å². The molecule has 0 saturated heterocycles. The van der Waals surface area contributed by atoms with E-state index < -0.39 is 5.91 Å². The highest BCUT2D eigenvalue weighted by atomic mass is 16.5. The SMILES string of the molecule is CCC[C@H]1CC[C@H](c2ccc(OCC)c(C(N)=O)c2)CC1. The number of primary amides is 1. The molecule has 0 heterocycles. The van der Waals surface area contributed by atoms with Gasteiger partial charge in [0, 0.05) is 0 Å². The maximum Gasteiger partial charge on any atom is 0.252 e. The number of benzene rings is 1. The highest BCUT2D eigenvalue weighted by molar-refractivity contribution is 5.95. The summed E-state index contributed by atoms with van der Waals surface area (Å²) in [5.74, 6) is 1.66. The van der Waals surface area contributed by atoms with Gasteiger partial charge in [0.1, 0.15) is 5.75 Å². The maximum absolute atomic E-state index is 11.6. The molecular weight excluding hydrogens is 262 g/mol. The molecule has 1 saturated carbocycles. The summed E-state index contributed by atoms with van der Waals surface area (Å²) in [6, 6.07) is 5.94. The highest BCUT2D eigenvalue weighted by Gasteiger charge is 2.23. The van der Waals surface area contributed by atoms with E-state index >= 15 is 0 Å². The monoisotopic (exact) mass is 289 g/mol. The second kappa shape index (κ2) is 7.48. The van der Waals surface area contributed by atoms with E-state index in [0.29, 0.717) is 23.8 Å². The van der Waals surface area contributed by atoms with Crippen LogP contribution in [-0.4, -0.2) is 12.5 Å². The van der Waals surface area contributed by atoms with Gasteiger partial charge in [-0.25, -0.2) is 0 Å². The third-order valence-electron chi connectivity index (χ3n) is 4.58. The average Bonchev–Trinajstić information content (AvgIpc) is 2.49. The van der Waals surface area contributed by atoms with Gasteiger partial charge in [-0.05, 0) is 62.1 Å². The van der Waals surface area contributed by atoms with Gasteiger partial charge in [0.15, 0.2) is 0 Å². The Balaban J connectivity index is 2.10. The lowest BCUT2D eigenvalue weighted by atomic mass is 9.77. The highest BCUT2D eigenvalue weighted by Crippen LogP contribution is 2.38. The molecule has 1 aromatic carbocycles. The number of hydrogen-bond acceptors (Lipinski definition) is 2. The molecule has 116 valence electrons. The minimum atomic E-state index is -0.403. The molecule has 21 heavy (non-hydrogen) atoms. The topological polar surface area (TPSA) is 52.3 Å². The number of carbonyl (C=O) groups is 1. The molecule has 0 aromatic heterocycles. The Morgan fingerprint density at radius 1 is 1.24 bits per heavy atom. The zero-order valence-corrected chi connectivity index (χ0v) is 13.2. The van der Waals surface area contributed by atoms with Gasteiger partial charge in [0.25, 0.3) is 5.91 Å². The van der Waals surface area contributed by atoms with Crippen molar-refractivity contribution in [2.24, 2.45) is 11.7 Å². The number of ether oxygens (including phenoxy) is 1. The molecule has 0 unspecified atom stereocenters. The van der Waals surface area contributed by atoms with E-state index in [1.807, 2.05) is 19.1 Å². The molecule has 2 N–H and O–H groups in total. The van der Waals surface area contributed by atoms with Crippen molar-refractivity contribution in [2.75, 3.05) is 6.61 Å². The summed E-state index contributed by atoms with van der Waals surface area (Å²) in [6.07, 6.45) is 7.68. The number of hydrogen-bond donors (Lipinski definition) is 1. The third-order valence-corrected chi connectivity index (χ3v) is 4.58. The molecule has 3 nitrogen and oxygen atoms in total. The van der Waals surface area contributed by atoms with Gasteiger partial charge in [-0.2, -0.15) is 0 Å². The molecule has 1 amide bonds. The third kappa shape index (κ3) is 3.99. The van der Waals surface area contributed by atoms with Crippen LogP contribution in [-0.2, 0) is 0 Å². The zero-order chi connectivity index (χ0) is 15.2. The Bertz CT molecular complexity index is 476. The van der Waals surface area contributed by atoms with Gasteiger partial charge < -0.3 is 10.5 Å². The Labute approximate surface area is 127 Å². The molecule has 1 fully saturated rings. The van der Waals surface area contributed by atoms with Crippen molar-refractivity contribution in [1.82, 2.24) is 0 Å². The van der Waals surface area contributed by atoms with Crippen molar-refractivity contribution < 1.29 is 9.53 Å². The molecule has 1 aliphatic rings. The van der Waals surface area contributed by atoms with Crippen LogP contribution in [0.5, 0.6) is 5.75 Å². The standard InChI is InChI=1S/C18H27NO2/c1-3-5-13-6-8-14(9-7-13)15-10-11-17(21-4-2)16(12-15)18(19)20/h10-14H,3-9H2,1-2H3,(H2,19,20)/t13-,14-. The summed E-state index contributed by atoms with van der Waals surface area (Å²) >= 11 is 0. The summed E-state index contributed by atoms with van der Waals surface area (Å²) in [5, 5.41) is 0. The van der Waals surface area contributed by atoms with Gasteiger partial charge in [0.2, 0.25) is 0 Å². The molecular formula is C18H27NO2. The van der Waals surface area contributed by atoms with Crippen LogP contribution in [0.15, 0.2) is 18.2 Å². The van der Waals surface area contributed by atoms with E-state index in [2.05, 4.69) is 13.0 Å². The van der Waals surface area contributed by atoms with Crippen LogP contribution in [0.2, 0.25) is 0 Å². The fraction of sp³-hybridized carbons (Fsp3) is 0.611. The first-order valence-corrected chi connectivity index (χ1v) is 8.22. The van der Waals surface area contributed by atoms with E-state index in [1.54, 1.807) is 0 Å². The summed E-state index contributed by atoms with van der Waals surface area (Å²) in [4.78, 5) is 11.6. The van der Waals surface area contributed by atoms with Crippen molar-refractivity contribution >= 4 is 5.91 Å². The normalized spacial score (nSPS) is 22.0. The van der Waals surface area contributed by atoms with Crippen molar-refractivity contribution in [3.63, 3.8) is 0 Å². The summed E-state index contributed by atoms with van der Waals surface area (Å²) in [5.41, 5.74) is 7.24. The van der Waals surface area contributed by atoms with E-state index in [0.717, 1.165) is 5.92 Å². The van der Waals surface area contributed by atoms with E-state index in [9.17, 15) is 4.79 Å². The quantitative estimate of drug-likeness (QED) is 0.850. The molecule has 3 heteroatoms. The largest absolute Gasteiger partial charge is 0.493 e. The van der Waals surface area contributed by atoms with Crippen LogP contribution >= 0.6 is 0 Å². The van der Waals surface area contributed by atoms with Gasteiger partial charge >= 0.3 is 0 Å². The minimum absolute atomic E-state index is 0.403. The lowest BCUT2D eigenvalue weighted by molar-refractivity contribution is 0.0996. The van der Waals surface area contributed by atoms with Crippen molar-refractivity contribution in [3.05, 3.63) is 29.3 Å². The number of amides is 1. The van der Waals surface area contributed by atoms with Crippen LogP contribution in [0, 0.1) is 5.92 Å². The summed E-state index contributed by atoms with van der Waals surface area (Å²) < 4.78 is 5.49. The van der Waals surface area contributed by atoms with Crippen molar-refractivity contribution in [3.8, 4) is 5.75 Å². The first-order valence-electron chi connectivity index (χ1n) is 8.22. The minimum Gasteiger partial charge on any atom is -0.493 e. The van der Waals surface area contributed by atoms with E-state index in [1.165, 1.54) is 44.1 Å².